The van der Waals surface area contributed by atoms with E-state index in [1.165, 1.54) is 43.3 Å². The highest BCUT2D eigenvalue weighted by Gasteiger charge is 2.71. The molecule has 302 valence electrons. The molecule has 0 aromatic heterocycles. The molecule has 2 heterocycles. The highest BCUT2D eigenvalue weighted by Crippen LogP contribution is 2.59. The van der Waals surface area contributed by atoms with E-state index in [0.717, 1.165) is 19.2 Å². The molecule has 1 aliphatic carbocycles. The number of piperidine rings is 1. The number of hydrogen-bond acceptors (Lipinski definition) is 5. The average molecular weight is 795 g/mol. The van der Waals surface area contributed by atoms with E-state index in [9.17, 15) is 27.6 Å². The lowest BCUT2D eigenvalue weighted by molar-refractivity contribution is -0.200. The van der Waals surface area contributed by atoms with Crippen LogP contribution in [0.15, 0.2) is 78.9 Å². The zero-order valence-corrected chi connectivity index (χ0v) is 32.1. The number of hydrogen-bond donors (Lipinski definition) is 0. The Bertz CT molecular complexity index is 2180. The molecular formula is C44H44F6N2O5. The van der Waals surface area contributed by atoms with E-state index in [2.05, 4.69) is 65.4 Å². The van der Waals surface area contributed by atoms with Gasteiger partial charge in [-0.25, -0.2) is 22.8 Å². The summed E-state index contributed by atoms with van der Waals surface area (Å²) >= 11 is 0. The first kappa shape index (κ1) is 40.1. The van der Waals surface area contributed by atoms with Gasteiger partial charge in [-0.15, -0.1) is 0 Å². The largest absolute Gasteiger partial charge is 0.467 e. The van der Waals surface area contributed by atoms with Crippen LogP contribution in [-0.4, -0.2) is 72.3 Å². The van der Waals surface area contributed by atoms with Crippen LogP contribution in [0.25, 0.3) is 32.3 Å². The molecule has 2 amide bonds. The van der Waals surface area contributed by atoms with Crippen LogP contribution >= 0.6 is 0 Å². The quantitative estimate of drug-likeness (QED) is 0.101. The first-order valence-corrected chi connectivity index (χ1v) is 19.1. The molecule has 2 saturated heterocycles. The number of benzene rings is 5. The third kappa shape index (κ3) is 7.57. The second kappa shape index (κ2) is 14.7. The summed E-state index contributed by atoms with van der Waals surface area (Å²) in [6, 6.07) is 23.5. The summed E-state index contributed by atoms with van der Waals surface area (Å²) in [5.74, 6) is -9.63. The first-order chi connectivity index (χ1) is 26.8. The van der Waals surface area contributed by atoms with Crippen molar-refractivity contribution < 1.29 is 50.2 Å². The molecule has 0 spiro atoms. The number of rotatable bonds is 5. The summed E-state index contributed by atoms with van der Waals surface area (Å²) < 4.78 is 97.3. The first-order valence-electron chi connectivity index (χ1n) is 19.1. The Morgan fingerprint density at radius 1 is 0.772 bits per heavy atom. The van der Waals surface area contributed by atoms with Crippen LogP contribution in [0.3, 0.4) is 0 Å². The molecule has 2 atom stereocenters. The number of halogens is 6. The molecule has 57 heavy (non-hydrogen) atoms. The van der Waals surface area contributed by atoms with Gasteiger partial charge < -0.3 is 19.3 Å². The summed E-state index contributed by atoms with van der Waals surface area (Å²) in [6.45, 7) is 5.09. The third-order valence-electron chi connectivity index (χ3n) is 11.6. The summed E-state index contributed by atoms with van der Waals surface area (Å²) in [5.41, 5.74) is -3.85. The van der Waals surface area contributed by atoms with Crippen molar-refractivity contribution in [1.82, 2.24) is 9.80 Å². The Balaban J connectivity index is 0.000000253. The molecule has 0 N–H and O–H groups in total. The number of carbonyl (C=O) groups excluding carboxylic acids is 3. The highest BCUT2D eigenvalue weighted by molar-refractivity contribution is 6.22. The van der Waals surface area contributed by atoms with Gasteiger partial charge in [0, 0.05) is 25.6 Å². The highest BCUT2D eigenvalue weighted by atomic mass is 19.4. The molecule has 0 radical (unpaired) electrons. The van der Waals surface area contributed by atoms with Gasteiger partial charge in [-0.1, -0.05) is 66.7 Å². The smallest absolute Gasteiger partial charge is 0.410 e. The van der Waals surface area contributed by atoms with E-state index >= 15 is 13.2 Å². The zero-order valence-electron chi connectivity index (χ0n) is 32.1. The number of amides is 2. The normalized spacial score (nSPS) is 20.1. The molecule has 2 aliphatic heterocycles. The Morgan fingerprint density at radius 3 is 1.74 bits per heavy atom. The molecule has 3 aliphatic rings. The van der Waals surface area contributed by atoms with Crippen LogP contribution in [0, 0.1) is 17.2 Å². The van der Waals surface area contributed by atoms with Crippen molar-refractivity contribution >= 4 is 50.3 Å². The van der Waals surface area contributed by atoms with E-state index in [0.29, 0.717) is 36.4 Å². The minimum absolute atomic E-state index is 0.189. The molecule has 0 bridgehead atoms. The van der Waals surface area contributed by atoms with Crippen molar-refractivity contribution in [2.75, 3.05) is 26.7 Å². The Hall–Kier alpha value is -5.07. The van der Waals surface area contributed by atoms with Crippen molar-refractivity contribution in [2.24, 2.45) is 11.3 Å². The zero-order chi connectivity index (χ0) is 41.1. The fourth-order valence-electron chi connectivity index (χ4n) is 8.37. The van der Waals surface area contributed by atoms with Crippen molar-refractivity contribution in [2.45, 2.75) is 82.5 Å². The van der Waals surface area contributed by atoms with Gasteiger partial charge in [0.25, 0.3) is 5.92 Å². The summed E-state index contributed by atoms with van der Waals surface area (Å²) in [6.07, 6.45) is -6.08. The number of likely N-dealkylation sites (tertiary alicyclic amines) is 2. The topological polar surface area (TPSA) is 76.2 Å². The van der Waals surface area contributed by atoms with E-state index in [4.69, 9.17) is 4.74 Å². The van der Waals surface area contributed by atoms with Gasteiger partial charge in [-0.3, -0.25) is 4.79 Å². The van der Waals surface area contributed by atoms with Crippen molar-refractivity contribution in [1.29, 1.82) is 0 Å². The van der Waals surface area contributed by atoms with Gasteiger partial charge in [-0.05, 0) is 109 Å². The van der Waals surface area contributed by atoms with Crippen LogP contribution in [0.5, 0.6) is 0 Å². The molecule has 13 heteroatoms. The monoisotopic (exact) mass is 794 g/mol. The van der Waals surface area contributed by atoms with Gasteiger partial charge in [0.15, 0.2) is 0 Å². The molecule has 5 aromatic carbocycles. The van der Waals surface area contributed by atoms with E-state index in [1.807, 2.05) is 0 Å². The molecule has 5 aromatic rings. The predicted molar refractivity (Wildman–Crippen MR) is 204 cm³/mol. The summed E-state index contributed by atoms with van der Waals surface area (Å²) in [5, 5.41) is 8.14. The van der Waals surface area contributed by atoms with E-state index in [1.54, 1.807) is 20.8 Å². The average Bonchev–Trinajstić information content (AvgIpc) is 3.88. The van der Waals surface area contributed by atoms with E-state index in [-0.39, 0.29) is 5.92 Å². The van der Waals surface area contributed by atoms with E-state index < -0.39 is 90.2 Å². The fourth-order valence-corrected chi connectivity index (χ4v) is 8.37. The lowest BCUT2D eigenvalue weighted by atomic mass is 9.86. The molecule has 1 saturated carbocycles. The number of carbonyl (C=O) groups is 3. The van der Waals surface area contributed by atoms with Crippen molar-refractivity contribution in [3.8, 4) is 0 Å². The van der Waals surface area contributed by atoms with Gasteiger partial charge in [0.2, 0.25) is 5.91 Å². The van der Waals surface area contributed by atoms with Crippen LogP contribution in [-0.2, 0) is 25.0 Å². The number of alkyl halides is 5. The van der Waals surface area contributed by atoms with Crippen LogP contribution < -0.4 is 0 Å². The maximum Gasteiger partial charge on any atom is 0.410 e. The van der Waals surface area contributed by atoms with Crippen molar-refractivity contribution in [3.63, 3.8) is 0 Å². The predicted octanol–water partition coefficient (Wildman–Crippen LogP) is 10.3. The number of ether oxygens (including phenoxy) is 2. The minimum Gasteiger partial charge on any atom is -0.467 e. The number of esters is 1. The third-order valence-corrected chi connectivity index (χ3v) is 11.6. The van der Waals surface area contributed by atoms with Gasteiger partial charge in [0.05, 0.1) is 12.7 Å². The van der Waals surface area contributed by atoms with Crippen LogP contribution in [0.4, 0.5) is 31.1 Å². The van der Waals surface area contributed by atoms with Crippen molar-refractivity contribution in [3.05, 3.63) is 95.8 Å². The SMILES string of the molecule is COC(=O)[C@@H]1CC(C(F)(F)c2ccc(C3CCN(C(=O)OC(C)(C)C)CC3)cc2F)CN1C(=O)C1(C(F)(F)F)CC1.c1cc2ccc3cccc4ccc(c1)c2c34. The molecule has 7 nitrogen and oxygen atoms in total. The molecule has 1 unspecified atom stereocenters. The lowest BCUT2D eigenvalue weighted by Crippen LogP contribution is -2.49. The Kier molecular flexibility index (Phi) is 10.4. The van der Waals surface area contributed by atoms with Gasteiger partial charge >= 0.3 is 18.2 Å². The Labute approximate surface area is 326 Å². The number of methoxy groups -OCH3 is 1. The van der Waals surface area contributed by atoms with Crippen LogP contribution in [0.1, 0.15) is 69.9 Å². The molecular weight excluding hydrogens is 750 g/mol. The van der Waals surface area contributed by atoms with Gasteiger partial charge in [0.1, 0.15) is 22.9 Å². The second-order valence-corrected chi connectivity index (χ2v) is 16.4. The summed E-state index contributed by atoms with van der Waals surface area (Å²) in [4.78, 5) is 39.6. The fraction of sp³-hybridized carbons (Fsp3) is 0.432. The lowest BCUT2D eigenvalue weighted by Gasteiger charge is -2.34. The minimum atomic E-state index is -4.89. The molecule has 3 fully saturated rings. The second-order valence-electron chi connectivity index (χ2n) is 16.4. The maximum atomic E-state index is 15.7. The molecule has 8 rings (SSSR count). The Morgan fingerprint density at radius 2 is 1.30 bits per heavy atom. The van der Waals surface area contributed by atoms with Gasteiger partial charge in [-0.2, -0.15) is 13.2 Å². The standard InChI is InChI=1S/C28H34F6N2O5.C16H10/c1-25(2,3)41-24(39)35-11-7-16(8-12-35)17-5-6-19(20(29)13-17)27(30,31)18-14-21(22(37)40-4)36(15-18)23(38)26(9-10-26)28(32,33)34;1-3-11-7-9-13-5-2-6-14-10-8-12(4-1)15(11)16(13)14/h5-6,13,16,18,21H,7-12,14-15H2,1-4H3;1-10H/t18?,21-;/m0./s1. The number of nitrogens with zero attached hydrogens (tertiary/aromatic N) is 2. The van der Waals surface area contributed by atoms with Crippen LogP contribution in [0.2, 0.25) is 0 Å². The maximum absolute atomic E-state index is 15.7. The summed E-state index contributed by atoms with van der Waals surface area (Å²) in [7, 11) is 0.948.